The normalized spacial score (nSPS) is 11.4. The highest BCUT2D eigenvalue weighted by atomic mass is 15.1. The zero-order chi connectivity index (χ0) is 10.3. The Labute approximate surface area is 82.8 Å². The van der Waals surface area contributed by atoms with Gasteiger partial charge in [0.25, 0.3) is 0 Å². The number of rotatable bonds is 1. The van der Waals surface area contributed by atoms with E-state index >= 15 is 0 Å². The van der Waals surface area contributed by atoms with Crippen LogP contribution >= 0.6 is 0 Å². The van der Waals surface area contributed by atoms with Gasteiger partial charge in [-0.25, -0.2) is 4.98 Å². The first-order chi connectivity index (χ1) is 6.61. The maximum Gasteiger partial charge on any atom is 0.112 e. The first kappa shape index (κ1) is 8.99. The van der Waals surface area contributed by atoms with Gasteiger partial charge in [-0.1, -0.05) is 13.8 Å². The van der Waals surface area contributed by atoms with Gasteiger partial charge in [0.05, 0.1) is 23.6 Å². The van der Waals surface area contributed by atoms with Gasteiger partial charge in [0, 0.05) is 13.0 Å². The fourth-order valence-corrected chi connectivity index (χ4v) is 1.73. The van der Waals surface area contributed by atoms with Crippen LogP contribution in [0.25, 0.3) is 11.0 Å². The molecular weight excluding hydrogens is 176 g/mol. The molecule has 0 bridgehead atoms. The Morgan fingerprint density at radius 2 is 2.07 bits per heavy atom. The molecule has 0 aliphatic heterocycles. The molecule has 0 spiro atoms. The lowest BCUT2D eigenvalue weighted by molar-refractivity contribution is 0.723. The van der Waals surface area contributed by atoms with Gasteiger partial charge in [-0.3, -0.25) is 4.98 Å². The summed E-state index contributed by atoms with van der Waals surface area (Å²) in [5.41, 5.74) is 8.38. The summed E-state index contributed by atoms with van der Waals surface area (Å²) in [7, 11) is 1.99. The van der Waals surface area contributed by atoms with Gasteiger partial charge in [0.1, 0.15) is 11.3 Å². The molecule has 0 atom stereocenters. The molecule has 2 rings (SSSR count). The number of aromatic nitrogens is 3. The molecule has 14 heavy (non-hydrogen) atoms. The zero-order valence-corrected chi connectivity index (χ0v) is 8.65. The maximum atomic E-state index is 5.85. The summed E-state index contributed by atoms with van der Waals surface area (Å²) in [6.07, 6.45) is 3.41. The smallest absolute Gasteiger partial charge is 0.112 e. The van der Waals surface area contributed by atoms with Crippen LogP contribution in [0.15, 0.2) is 12.4 Å². The van der Waals surface area contributed by atoms with E-state index in [1.54, 1.807) is 12.4 Å². The minimum atomic E-state index is 0.395. The molecule has 0 saturated carbocycles. The first-order valence-corrected chi connectivity index (χ1v) is 4.67. The SMILES string of the molecule is CC(C)c1nc2cncc(N)c2n1C. The highest BCUT2D eigenvalue weighted by Gasteiger charge is 2.12. The van der Waals surface area contributed by atoms with Crippen LogP contribution in [0.2, 0.25) is 0 Å². The van der Waals surface area contributed by atoms with Crippen molar-refractivity contribution < 1.29 is 0 Å². The van der Waals surface area contributed by atoms with Crippen LogP contribution in [0, 0.1) is 0 Å². The van der Waals surface area contributed by atoms with Crippen molar-refractivity contribution in [1.82, 2.24) is 14.5 Å². The van der Waals surface area contributed by atoms with Crippen molar-refractivity contribution in [3.63, 3.8) is 0 Å². The molecule has 2 heterocycles. The van der Waals surface area contributed by atoms with Gasteiger partial charge in [0.15, 0.2) is 0 Å². The van der Waals surface area contributed by atoms with E-state index in [2.05, 4.69) is 23.8 Å². The van der Waals surface area contributed by atoms with E-state index in [0.29, 0.717) is 11.6 Å². The Balaban J connectivity index is 2.81. The third-order valence-corrected chi connectivity index (χ3v) is 2.36. The van der Waals surface area contributed by atoms with Crippen LogP contribution in [0.3, 0.4) is 0 Å². The lowest BCUT2D eigenvalue weighted by Crippen LogP contribution is -2.00. The lowest BCUT2D eigenvalue weighted by atomic mass is 10.2. The standard InChI is InChI=1S/C10H14N4/c1-6(2)10-13-8-5-12-4-7(11)9(8)14(10)3/h4-6H,11H2,1-3H3. The Morgan fingerprint density at radius 1 is 1.36 bits per heavy atom. The average Bonchev–Trinajstić information content (AvgIpc) is 2.45. The summed E-state index contributed by atoms with van der Waals surface area (Å²) in [6.45, 7) is 4.23. The molecule has 0 unspecified atom stereocenters. The Bertz CT molecular complexity index is 470. The number of hydrogen-bond donors (Lipinski definition) is 1. The molecule has 0 fully saturated rings. The van der Waals surface area contributed by atoms with E-state index in [9.17, 15) is 0 Å². The maximum absolute atomic E-state index is 5.85. The number of aryl methyl sites for hydroxylation is 1. The van der Waals surface area contributed by atoms with Crippen molar-refractivity contribution in [2.45, 2.75) is 19.8 Å². The minimum Gasteiger partial charge on any atom is -0.396 e. The van der Waals surface area contributed by atoms with Crippen molar-refractivity contribution in [2.24, 2.45) is 7.05 Å². The first-order valence-electron chi connectivity index (χ1n) is 4.67. The molecule has 2 N–H and O–H groups in total. The second-order valence-electron chi connectivity index (χ2n) is 3.78. The van der Waals surface area contributed by atoms with Crippen molar-refractivity contribution >= 4 is 16.7 Å². The number of nitrogens with two attached hydrogens (primary N) is 1. The van der Waals surface area contributed by atoms with E-state index in [1.807, 2.05) is 11.6 Å². The minimum absolute atomic E-state index is 0.395. The van der Waals surface area contributed by atoms with Crippen LogP contribution in [-0.2, 0) is 7.05 Å². The van der Waals surface area contributed by atoms with Crippen LogP contribution in [0.5, 0.6) is 0 Å². The number of hydrogen-bond acceptors (Lipinski definition) is 3. The third kappa shape index (κ3) is 1.14. The second kappa shape index (κ2) is 2.97. The fourth-order valence-electron chi connectivity index (χ4n) is 1.73. The zero-order valence-electron chi connectivity index (χ0n) is 8.65. The highest BCUT2D eigenvalue weighted by Crippen LogP contribution is 2.23. The predicted octanol–water partition coefficient (Wildman–Crippen LogP) is 1.67. The summed E-state index contributed by atoms with van der Waals surface area (Å²) in [5.74, 6) is 1.44. The van der Waals surface area contributed by atoms with Crippen LogP contribution in [0.1, 0.15) is 25.6 Å². The van der Waals surface area contributed by atoms with Crippen LogP contribution in [0.4, 0.5) is 5.69 Å². The van der Waals surface area contributed by atoms with Gasteiger partial charge in [-0.2, -0.15) is 0 Å². The van der Waals surface area contributed by atoms with E-state index in [1.165, 1.54) is 0 Å². The number of fused-ring (bicyclic) bond motifs is 1. The molecule has 0 aliphatic rings. The molecule has 0 aromatic carbocycles. The summed E-state index contributed by atoms with van der Waals surface area (Å²) in [5, 5.41) is 0. The number of anilines is 1. The highest BCUT2D eigenvalue weighted by molar-refractivity contribution is 5.86. The molecule has 2 aromatic rings. The average molecular weight is 190 g/mol. The summed E-state index contributed by atoms with van der Waals surface area (Å²) < 4.78 is 2.04. The van der Waals surface area contributed by atoms with Crippen molar-refractivity contribution in [3.05, 3.63) is 18.2 Å². The number of nitrogen functional groups attached to an aromatic ring is 1. The summed E-state index contributed by atoms with van der Waals surface area (Å²) in [4.78, 5) is 8.52. The number of nitrogens with zero attached hydrogens (tertiary/aromatic N) is 3. The van der Waals surface area contributed by atoms with Crippen molar-refractivity contribution in [3.8, 4) is 0 Å². The fraction of sp³-hybridized carbons (Fsp3) is 0.400. The third-order valence-electron chi connectivity index (χ3n) is 2.36. The molecule has 0 aliphatic carbocycles. The molecular formula is C10H14N4. The van der Waals surface area contributed by atoms with Gasteiger partial charge in [-0.15, -0.1) is 0 Å². The van der Waals surface area contributed by atoms with Crippen molar-refractivity contribution in [2.75, 3.05) is 5.73 Å². The largest absolute Gasteiger partial charge is 0.396 e. The van der Waals surface area contributed by atoms with Gasteiger partial charge in [-0.05, 0) is 0 Å². The molecule has 2 aromatic heterocycles. The molecule has 4 heteroatoms. The number of pyridine rings is 1. The molecule has 4 nitrogen and oxygen atoms in total. The summed E-state index contributed by atoms with van der Waals surface area (Å²) in [6, 6.07) is 0. The van der Waals surface area contributed by atoms with E-state index in [0.717, 1.165) is 16.9 Å². The van der Waals surface area contributed by atoms with Crippen LogP contribution < -0.4 is 5.73 Å². The van der Waals surface area contributed by atoms with Crippen LogP contribution in [-0.4, -0.2) is 14.5 Å². The van der Waals surface area contributed by atoms with E-state index < -0.39 is 0 Å². The summed E-state index contributed by atoms with van der Waals surface area (Å²) >= 11 is 0. The quantitative estimate of drug-likeness (QED) is 0.744. The Morgan fingerprint density at radius 3 is 2.64 bits per heavy atom. The Kier molecular flexibility index (Phi) is 1.91. The molecule has 0 saturated heterocycles. The molecule has 0 radical (unpaired) electrons. The van der Waals surface area contributed by atoms with E-state index in [-0.39, 0.29) is 0 Å². The van der Waals surface area contributed by atoms with Gasteiger partial charge < -0.3 is 10.3 Å². The second-order valence-corrected chi connectivity index (χ2v) is 3.78. The van der Waals surface area contributed by atoms with E-state index in [4.69, 9.17) is 5.73 Å². The predicted molar refractivity (Wildman–Crippen MR) is 57.0 cm³/mol. The number of imidazole rings is 1. The Hall–Kier alpha value is -1.58. The van der Waals surface area contributed by atoms with Gasteiger partial charge >= 0.3 is 0 Å². The molecule has 0 amide bonds. The molecule has 74 valence electrons. The lowest BCUT2D eigenvalue weighted by Gasteiger charge is -2.05. The topological polar surface area (TPSA) is 56.7 Å². The van der Waals surface area contributed by atoms with Crippen molar-refractivity contribution in [1.29, 1.82) is 0 Å². The monoisotopic (exact) mass is 190 g/mol. The van der Waals surface area contributed by atoms with Gasteiger partial charge in [0.2, 0.25) is 0 Å².